The lowest BCUT2D eigenvalue weighted by Gasteiger charge is -2.04. The molecular weight excluding hydrogens is 351 g/mol. The average molecular weight is 358 g/mol. The van der Waals surface area contributed by atoms with Gasteiger partial charge in [-0.15, -0.1) is 0 Å². The van der Waals surface area contributed by atoms with Gasteiger partial charge in [-0.25, -0.2) is 4.98 Å². The maximum absolute atomic E-state index is 12.2. The molecule has 2 aromatic carbocycles. The normalized spacial score (nSPS) is 10.8. The number of hydrogen-bond donors (Lipinski definition) is 1. The minimum Gasteiger partial charge on any atom is -0.298 e. The second-order valence-corrected chi connectivity index (χ2v) is 6.44. The van der Waals surface area contributed by atoms with Crippen molar-refractivity contribution in [2.75, 3.05) is 5.32 Å². The third-order valence-electron chi connectivity index (χ3n) is 2.77. The van der Waals surface area contributed by atoms with Crippen molar-refractivity contribution >= 4 is 67.4 Å². The van der Waals surface area contributed by atoms with Crippen molar-refractivity contribution < 1.29 is 4.79 Å². The van der Waals surface area contributed by atoms with Gasteiger partial charge < -0.3 is 0 Å². The van der Waals surface area contributed by atoms with E-state index in [0.717, 1.165) is 10.2 Å². The molecule has 1 heterocycles. The zero-order valence-electron chi connectivity index (χ0n) is 10.4. The highest BCUT2D eigenvalue weighted by Gasteiger charge is 2.14. The molecule has 0 radical (unpaired) electrons. The molecule has 0 bridgehead atoms. The van der Waals surface area contributed by atoms with E-state index in [-0.39, 0.29) is 10.9 Å². The molecule has 21 heavy (non-hydrogen) atoms. The van der Waals surface area contributed by atoms with Crippen LogP contribution in [0.5, 0.6) is 0 Å². The molecule has 3 nitrogen and oxygen atoms in total. The van der Waals surface area contributed by atoms with Crippen LogP contribution in [0, 0.1) is 0 Å². The molecule has 3 rings (SSSR count). The van der Waals surface area contributed by atoms with Gasteiger partial charge >= 0.3 is 0 Å². The van der Waals surface area contributed by atoms with E-state index in [4.69, 9.17) is 34.8 Å². The number of carbonyl (C=O) groups excluding carboxylic acids is 1. The molecule has 0 aliphatic heterocycles. The molecule has 1 N–H and O–H groups in total. The van der Waals surface area contributed by atoms with Crippen molar-refractivity contribution in [1.82, 2.24) is 4.98 Å². The molecule has 1 amide bonds. The van der Waals surface area contributed by atoms with Crippen LogP contribution in [0.2, 0.25) is 15.1 Å². The van der Waals surface area contributed by atoms with Crippen LogP contribution >= 0.6 is 46.1 Å². The van der Waals surface area contributed by atoms with Crippen LogP contribution in [-0.4, -0.2) is 10.9 Å². The minimum atomic E-state index is -0.354. The predicted molar refractivity (Wildman–Crippen MR) is 89.0 cm³/mol. The molecule has 1 aromatic heterocycles. The molecule has 0 saturated carbocycles. The summed E-state index contributed by atoms with van der Waals surface area (Å²) < 4.78 is 0.898. The Labute approximate surface area is 139 Å². The van der Waals surface area contributed by atoms with Gasteiger partial charge in [-0.2, -0.15) is 0 Å². The van der Waals surface area contributed by atoms with Gasteiger partial charge in [0, 0.05) is 5.02 Å². The van der Waals surface area contributed by atoms with Crippen molar-refractivity contribution in [3.63, 3.8) is 0 Å². The second-order valence-electron chi connectivity index (χ2n) is 4.19. The zero-order valence-corrected chi connectivity index (χ0v) is 13.4. The summed E-state index contributed by atoms with van der Waals surface area (Å²) in [5.74, 6) is -0.354. The summed E-state index contributed by atoms with van der Waals surface area (Å²) in [5, 5.41) is 4.38. The van der Waals surface area contributed by atoms with E-state index in [0.29, 0.717) is 20.7 Å². The minimum absolute atomic E-state index is 0.223. The van der Waals surface area contributed by atoms with E-state index in [1.54, 1.807) is 36.4 Å². The first kappa shape index (κ1) is 14.6. The lowest BCUT2D eigenvalue weighted by atomic mass is 10.2. The number of hydrogen-bond acceptors (Lipinski definition) is 3. The highest BCUT2D eigenvalue weighted by Crippen LogP contribution is 2.30. The third-order valence-corrected chi connectivity index (χ3v) is 4.75. The number of halogens is 3. The van der Waals surface area contributed by atoms with E-state index < -0.39 is 0 Å². The zero-order chi connectivity index (χ0) is 15.0. The van der Waals surface area contributed by atoms with Crippen molar-refractivity contribution in [2.24, 2.45) is 0 Å². The van der Waals surface area contributed by atoms with Gasteiger partial charge in [0.05, 0.1) is 25.8 Å². The lowest BCUT2D eigenvalue weighted by Crippen LogP contribution is -2.12. The highest BCUT2D eigenvalue weighted by atomic mass is 35.5. The first-order valence-electron chi connectivity index (χ1n) is 5.86. The quantitative estimate of drug-likeness (QED) is 0.657. The first-order chi connectivity index (χ1) is 10.0. The molecule has 0 spiro atoms. The SMILES string of the molecule is O=C(Nc1nc2ccc(Cl)cc2s1)c1cccc(Cl)c1Cl. The van der Waals surface area contributed by atoms with Crippen LogP contribution in [0.3, 0.4) is 0 Å². The van der Waals surface area contributed by atoms with E-state index in [2.05, 4.69) is 10.3 Å². The molecule has 0 aliphatic rings. The third kappa shape index (κ3) is 2.99. The van der Waals surface area contributed by atoms with Crippen LogP contribution in [0.15, 0.2) is 36.4 Å². The van der Waals surface area contributed by atoms with Gasteiger partial charge in [0.25, 0.3) is 5.91 Å². The van der Waals surface area contributed by atoms with Gasteiger partial charge in [-0.3, -0.25) is 10.1 Å². The molecule has 0 saturated heterocycles. The van der Waals surface area contributed by atoms with Crippen molar-refractivity contribution in [3.05, 3.63) is 57.0 Å². The Kier molecular flexibility index (Phi) is 4.04. The Hall–Kier alpha value is -1.33. The number of fused-ring (bicyclic) bond motifs is 1. The van der Waals surface area contributed by atoms with Gasteiger partial charge in [0.15, 0.2) is 5.13 Å². The van der Waals surface area contributed by atoms with Crippen molar-refractivity contribution in [1.29, 1.82) is 0 Å². The molecule has 3 aromatic rings. The first-order valence-corrected chi connectivity index (χ1v) is 7.81. The van der Waals surface area contributed by atoms with E-state index in [1.807, 2.05) is 0 Å². The lowest BCUT2D eigenvalue weighted by molar-refractivity contribution is 0.102. The van der Waals surface area contributed by atoms with E-state index in [9.17, 15) is 4.79 Å². The molecule has 0 unspecified atom stereocenters. The summed E-state index contributed by atoms with van der Waals surface area (Å²) in [6.45, 7) is 0. The van der Waals surface area contributed by atoms with Gasteiger partial charge in [-0.1, -0.05) is 52.2 Å². The maximum Gasteiger partial charge on any atom is 0.259 e. The number of thiazole rings is 1. The maximum atomic E-state index is 12.2. The predicted octanol–water partition coefficient (Wildman–Crippen LogP) is 5.51. The fourth-order valence-electron chi connectivity index (χ4n) is 1.80. The van der Waals surface area contributed by atoms with Crippen LogP contribution in [-0.2, 0) is 0 Å². The van der Waals surface area contributed by atoms with Gasteiger partial charge in [0.2, 0.25) is 0 Å². The number of nitrogens with one attached hydrogen (secondary N) is 1. The number of nitrogens with zero attached hydrogens (tertiary/aromatic N) is 1. The topological polar surface area (TPSA) is 42.0 Å². The summed E-state index contributed by atoms with van der Waals surface area (Å²) in [6, 6.07) is 10.3. The second kappa shape index (κ2) is 5.81. The van der Waals surface area contributed by atoms with Crippen LogP contribution in [0.25, 0.3) is 10.2 Å². The Balaban J connectivity index is 1.91. The number of amides is 1. The monoisotopic (exact) mass is 356 g/mol. The van der Waals surface area contributed by atoms with Gasteiger partial charge in [-0.05, 0) is 30.3 Å². The van der Waals surface area contributed by atoms with Gasteiger partial charge in [0.1, 0.15) is 0 Å². The molecule has 7 heteroatoms. The standard InChI is InChI=1S/C14H7Cl3N2OS/c15-7-4-5-10-11(6-7)21-14(18-10)19-13(20)8-2-1-3-9(16)12(8)17/h1-6H,(H,18,19,20). The number of anilines is 1. The Morgan fingerprint density at radius 3 is 2.76 bits per heavy atom. The van der Waals surface area contributed by atoms with Crippen molar-refractivity contribution in [3.8, 4) is 0 Å². The van der Waals surface area contributed by atoms with Crippen molar-refractivity contribution in [2.45, 2.75) is 0 Å². The molecule has 106 valence electrons. The fraction of sp³-hybridized carbons (Fsp3) is 0. The highest BCUT2D eigenvalue weighted by molar-refractivity contribution is 7.22. The van der Waals surface area contributed by atoms with Crippen LogP contribution < -0.4 is 5.32 Å². The molecular formula is C14H7Cl3N2OS. The Bertz CT molecular complexity index is 847. The summed E-state index contributed by atoms with van der Waals surface area (Å²) >= 11 is 19.2. The van der Waals surface area contributed by atoms with E-state index >= 15 is 0 Å². The smallest absolute Gasteiger partial charge is 0.259 e. The number of benzene rings is 2. The summed E-state index contributed by atoms with van der Waals surface area (Å²) in [5.41, 5.74) is 1.08. The molecule has 0 atom stereocenters. The summed E-state index contributed by atoms with van der Waals surface area (Å²) in [6.07, 6.45) is 0. The largest absolute Gasteiger partial charge is 0.298 e. The fourth-order valence-corrected chi connectivity index (χ4v) is 3.32. The number of rotatable bonds is 2. The van der Waals surface area contributed by atoms with Crippen LogP contribution in [0.4, 0.5) is 5.13 Å². The Morgan fingerprint density at radius 1 is 1.14 bits per heavy atom. The van der Waals surface area contributed by atoms with Crippen LogP contribution in [0.1, 0.15) is 10.4 Å². The average Bonchev–Trinajstić information content (AvgIpc) is 2.83. The number of carbonyl (C=O) groups is 1. The van der Waals surface area contributed by atoms with E-state index in [1.165, 1.54) is 11.3 Å². The molecule has 0 fully saturated rings. The summed E-state index contributed by atoms with van der Waals surface area (Å²) in [4.78, 5) is 16.5. The Morgan fingerprint density at radius 2 is 1.95 bits per heavy atom. The number of aromatic nitrogens is 1. The summed E-state index contributed by atoms with van der Waals surface area (Å²) in [7, 11) is 0. The molecule has 0 aliphatic carbocycles.